The van der Waals surface area contributed by atoms with Crippen molar-refractivity contribution < 1.29 is 19.4 Å². The summed E-state index contributed by atoms with van der Waals surface area (Å²) >= 11 is 0. The van der Waals surface area contributed by atoms with Crippen LogP contribution in [0.3, 0.4) is 0 Å². The van der Waals surface area contributed by atoms with Gasteiger partial charge < -0.3 is 15.2 Å². The lowest BCUT2D eigenvalue weighted by Crippen LogP contribution is -2.34. The molecule has 0 radical (unpaired) electrons. The number of carboxylic acids is 1. The number of hydrogen-bond acceptors (Lipinski definition) is 4. The molecule has 1 heterocycles. The van der Waals surface area contributed by atoms with Crippen LogP contribution in [-0.2, 0) is 4.79 Å². The lowest BCUT2D eigenvalue weighted by atomic mass is 9.97. The summed E-state index contributed by atoms with van der Waals surface area (Å²) in [5.74, 6) is -1.31. The van der Waals surface area contributed by atoms with E-state index in [2.05, 4.69) is 10.3 Å². The maximum Gasteiger partial charge on any atom is 0.308 e. The van der Waals surface area contributed by atoms with Gasteiger partial charge in [0.1, 0.15) is 0 Å². The molecule has 0 aliphatic carbocycles. The number of nitrogens with zero attached hydrogens (tertiary/aromatic N) is 1. The third-order valence-electron chi connectivity index (χ3n) is 2.96. The Kier molecular flexibility index (Phi) is 6.82. The predicted octanol–water partition coefficient (Wildman–Crippen LogP) is 2.35. The van der Waals surface area contributed by atoms with Crippen molar-refractivity contribution in [2.75, 3.05) is 6.54 Å². The van der Waals surface area contributed by atoms with E-state index in [1.54, 1.807) is 12.1 Å². The Hall–Kier alpha value is -2.11. The first-order chi connectivity index (χ1) is 10.3. The molecular formula is C16H24N2O4. The standard InChI is InChI=1S/C16H24N2O4/c1-10(2)8-12(16(20)21)9-18-15(19)14-13(22-11(3)4)6-5-7-17-14/h5-7,10-12H,8-9H2,1-4H3,(H,18,19)(H,20,21). The zero-order valence-electron chi connectivity index (χ0n) is 13.5. The summed E-state index contributed by atoms with van der Waals surface area (Å²) in [5, 5.41) is 11.8. The molecule has 0 aliphatic heterocycles. The van der Waals surface area contributed by atoms with Gasteiger partial charge in [-0.2, -0.15) is 0 Å². The first kappa shape index (κ1) is 17.9. The Balaban J connectivity index is 2.74. The van der Waals surface area contributed by atoms with Crippen LogP contribution in [0.1, 0.15) is 44.6 Å². The Morgan fingerprint density at radius 3 is 2.55 bits per heavy atom. The molecule has 1 rings (SSSR count). The molecule has 1 amide bonds. The summed E-state index contributed by atoms with van der Waals surface area (Å²) in [6, 6.07) is 3.36. The smallest absolute Gasteiger partial charge is 0.308 e. The number of carbonyl (C=O) groups is 2. The van der Waals surface area contributed by atoms with Crippen LogP contribution in [0.5, 0.6) is 5.75 Å². The highest BCUT2D eigenvalue weighted by atomic mass is 16.5. The summed E-state index contributed by atoms with van der Waals surface area (Å²) in [6.07, 6.45) is 1.93. The van der Waals surface area contributed by atoms with Crippen LogP contribution in [0.2, 0.25) is 0 Å². The van der Waals surface area contributed by atoms with Crippen molar-refractivity contribution in [1.82, 2.24) is 10.3 Å². The van der Waals surface area contributed by atoms with Crippen LogP contribution in [-0.4, -0.2) is 34.6 Å². The molecule has 0 bridgehead atoms. The molecule has 0 fully saturated rings. The molecule has 0 saturated heterocycles. The van der Waals surface area contributed by atoms with E-state index in [1.807, 2.05) is 27.7 Å². The fraction of sp³-hybridized carbons (Fsp3) is 0.562. The van der Waals surface area contributed by atoms with Crippen LogP contribution >= 0.6 is 0 Å². The van der Waals surface area contributed by atoms with Crippen LogP contribution in [0.4, 0.5) is 0 Å². The maximum atomic E-state index is 12.2. The van der Waals surface area contributed by atoms with E-state index in [0.717, 1.165) is 0 Å². The van der Waals surface area contributed by atoms with E-state index in [-0.39, 0.29) is 24.3 Å². The van der Waals surface area contributed by atoms with Crippen LogP contribution in [0, 0.1) is 11.8 Å². The lowest BCUT2D eigenvalue weighted by molar-refractivity contribution is -0.142. The number of aliphatic carboxylic acids is 1. The van der Waals surface area contributed by atoms with Crippen molar-refractivity contribution >= 4 is 11.9 Å². The topological polar surface area (TPSA) is 88.5 Å². The largest absolute Gasteiger partial charge is 0.489 e. The van der Waals surface area contributed by atoms with Crippen molar-refractivity contribution in [3.8, 4) is 5.75 Å². The number of pyridine rings is 1. The molecule has 0 saturated carbocycles. The quantitative estimate of drug-likeness (QED) is 0.769. The second-order valence-corrected chi connectivity index (χ2v) is 5.89. The minimum Gasteiger partial charge on any atom is -0.489 e. The van der Waals surface area contributed by atoms with Gasteiger partial charge in [0.05, 0.1) is 12.0 Å². The zero-order valence-corrected chi connectivity index (χ0v) is 13.5. The van der Waals surface area contributed by atoms with Crippen LogP contribution in [0.15, 0.2) is 18.3 Å². The van der Waals surface area contributed by atoms with Gasteiger partial charge in [0, 0.05) is 12.7 Å². The van der Waals surface area contributed by atoms with Crippen molar-refractivity contribution in [2.24, 2.45) is 11.8 Å². The first-order valence-electron chi connectivity index (χ1n) is 7.44. The SMILES string of the molecule is CC(C)CC(CNC(=O)c1ncccc1OC(C)C)C(=O)O. The van der Waals surface area contributed by atoms with Gasteiger partial charge in [-0.15, -0.1) is 0 Å². The van der Waals surface area contributed by atoms with Gasteiger partial charge in [0.2, 0.25) is 0 Å². The Bertz CT molecular complexity index is 515. The molecular weight excluding hydrogens is 284 g/mol. The summed E-state index contributed by atoms with van der Waals surface area (Å²) in [5.41, 5.74) is 0.171. The summed E-state index contributed by atoms with van der Waals surface area (Å²) in [6.45, 7) is 7.69. The number of ether oxygens (including phenoxy) is 1. The molecule has 0 aliphatic rings. The third-order valence-corrected chi connectivity index (χ3v) is 2.96. The molecule has 1 aromatic heterocycles. The molecule has 1 unspecified atom stereocenters. The monoisotopic (exact) mass is 308 g/mol. The van der Waals surface area contributed by atoms with Crippen molar-refractivity contribution in [3.05, 3.63) is 24.0 Å². The highest BCUT2D eigenvalue weighted by Crippen LogP contribution is 2.17. The van der Waals surface area contributed by atoms with Gasteiger partial charge in [0.15, 0.2) is 11.4 Å². The number of carbonyl (C=O) groups excluding carboxylic acids is 1. The molecule has 6 heteroatoms. The molecule has 6 nitrogen and oxygen atoms in total. The van der Waals surface area contributed by atoms with E-state index in [1.165, 1.54) is 6.20 Å². The average molecular weight is 308 g/mol. The summed E-state index contributed by atoms with van der Waals surface area (Å²) < 4.78 is 5.55. The Morgan fingerprint density at radius 1 is 1.32 bits per heavy atom. The van der Waals surface area contributed by atoms with E-state index in [9.17, 15) is 14.7 Å². The van der Waals surface area contributed by atoms with E-state index in [4.69, 9.17) is 4.74 Å². The number of hydrogen-bond donors (Lipinski definition) is 2. The van der Waals surface area contributed by atoms with Gasteiger partial charge in [-0.25, -0.2) is 4.98 Å². The van der Waals surface area contributed by atoms with Crippen LogP contribution in [0.25, 0.3) is 0 Å². The molecule has 0 aromatic carbocycles. The van der Waals surface area contributed by atoms with Crippen molar-refractivity contribution in [2.45, 2.75) is 40.2 Å². The highest BCUT2D eigenvalue weighted by molar-refractivity contribution is 5.95. The summed E-state index contributed by atoms with van der Waals surface area (Å²) in [7, 11) is 0. The van der Waals surface area contributed by atoms with Gasteiger partial charge >= 0.3 is 5.97 Å². The number of nitrogens with one attached hydrogen (secondary N) is 1. The molecule has 1 atom stereocenters. The minimum absolute atomic E-state index is 0.0735. The molecule has 0 spiro atoms. The van der Waals surface area contributed by atoms with E-state index >= 15 is 0 Å². The van der Waals surface area contributed by atoms with E-state index < -0.39 is 17.8 Å². The summed E-state index contributed by atoms with van der Waals surface area (Å²) in [4.78, 5) is 27.4. The second kappa shape index (κ2) is 8.36. The zero-order chi connectivity index (χ0) is 16.7. The number of amides is 1. The molecule has 122 valence electrons. The average Bonchev–Trinajstić information content (AvgIpc) is 2.42. The Morgan fingerprint density at radius 2 is 2.00 bits per heavy atom. The fourth-order valence-corrected chi connectivity index (χ4v) is 2.05. The van der Waals surface area contributed by atoms with Crippen molar-refractivity contribution in [3.63, 3.8) is 0 Å². The number of aromatic nitrogens is 1. The third kappa shape index (κ3) is 5.71. The number of rotatable bonds is 8. The molecule has 22 heavy (non-hydrogen) atoms. The van der Waals surface area contributed by atoms with Gasteiger partial charge in [-0.3, -0.25) is 9.59 Å². The first-order valence-corrected chi connectivity index (χ1v) is 7.44. The minimum atomic E-state index is -0.909. The van der Waals surface area contributed by atoms with E-state index in [0.29, 0.717) is 12.2 Å². The molecule has 1 aromatic rings. The van der Waals surface area contributed by atoms with Gasteiger partial charge in [-0.05, 0) is 38.3 Å². The van der Waals surface area contributed by atoms with Crippen LogP contribution < -0.4 is 10.1 Å². The van der Waals surface area contributed by atoms with Crippen molar-refractivity contribution in [1.29, 1.82) is 0 Å². The normalized spacial score (nSPS) is 12.3. The molecule has 2 N–H and O–H groups in total. The Labute approximate surface area is 130 Å². The lowest BCUT2D eigenvalue weighted by Gasteiger charge is -2.16. The second-order valence-electron chi connectivity index (χ2n) is 5.89. The number of carboxylic acid groups (broad SMARTS) is 1. The van der Waals surface area contributed by atoms with Gasteiger partial charge in [-0.1, -0.05) is 13.8 Å². The fourth-order valence-electron chi connectivity index (χ4n) is 2.05. The van der Waals surface area contributed by atoms with Gasteiger partial charge in [0.25, 0.3) is 5.91 Å². The predicted molar refractivity (Wildman–Crippen MR) is 82.9 cm³/mol. The highest BCUT2D eigenvalue weighted by Gasteiger charge is 2.21. The maximum absolute atomic E-state index is 12.2.